The SMILES string of the molecule is CCC(C(I)=C(C(=O)C(=C(I)C(CC)C1CCCCC1)C1CCC1)C1CCC1)C1CCCCC1. The second kappa shape index (κ2) is 13.4. The van der Waals surface area contributed by atoms with Crippen molar-refractivity contribution in [3.8, 4) is 0 Å². The van der Waals surface area contributed by atoms with E-state index in [1.54, 1.807) is 0 Å². The highest BCUT2D eigenvalue weighted by atomic mass is 127. The van der Waals surface area contributed by atoms with Crippen LogP contribution in [-0.2, 0) is 4.79 Å². The number of rotatable bonds is 10. The van der Waals surface area contributed by atoms with Gasteiger partial charge in [-0.15, -0.1) is 0 Å². The minimum Gasteiger partial charge on any atom is -0.289 e. The van der Waals surface area contributed by atoms with Crippen molar-refractivity contribution in [1.29, 1.82) is 0 Å². The second-order valence-corrected chi connectivity index (χ2v) is 14.3. The van der Waals surface area contributed by atoms with Gasteiger partial charge in [0.15, 0.2) is 5.78 Å². The summed E-state index contributed by atoms with van der Waals surface area (Å²) < 4.78 is 2.96. The summed E-state index contributed by atoms with van der Waals surface area (Å²) in [5, 5.41) is 0. The van der Waals surface area contributed by atoms with Gasteiger partial charge in [-0.1, -0.05) is 65.2 Å². The number of ketones is 1. The molecule has 4 rings (SSSR count). The molecular weight excluding hydrogens is 642 g/mol. The minimum atomic E-state index is 0.506. The van der Waals surface area contributed by atoms with Crippen molar-refractivity contribution >= 4 is 51.0 Å². The zero-order valence-corrected chi connectivity index (χ0v) is 26.2. The van der Waals surface area contributed by atoms with Gasteiger partial charge in [0.2, 0.25) is 0 Å². The topological polar surface area (TPSA) is 17.1 Å². The van der Waals surface area contributed by atoms with Crippen molar-refractivity contribution in [2.24, 2.45) is 35.5 Å². The molecule has 2 unspecified atom stereocenters. The third kappa shape index (κ3) is 6.18. The maximum absolute atomic E-state index is 14.7. The lowest BCUT2D eigenvalue weighted by atomic mass is 9.68. The molecule has 0 saturated heterocycles. The molecule has 0 aromatic rings. The van der Waals surface area contributed by atoms with Crippen molar-refractivity contribution in [3.05, 3.63) is 18.3 Å². The maximum Gasteiger partial charge on any atom is 0.187 e. The Bertz CT molecular complexity index is 683. The first kappa shape index (κ1) is 27.6. The lowest BCUT2D eigenvalue weighted by Gasteiger charge is -2.38. The van der Waals surface area contributed by atoms with Gasteiger partial charge in [0.05, 0.1) is 0 Å². The first-order valence-corrected chi connectivity index (χ1v) is 17.1. The molecule has 0 N–H and O–H groups in total. The van der Waals surface area contributed by atoms with E-state index >= 15 is 0 Å². The molecular formula is C31H48I2O. The number of halogens is 2. The molecule has 0 radical (unpaired) electrons. The Balaban J connectivity index is 1.71. The van der Waals surface area contributed by atoms with Crippen molar-refractivity contribution in [2.45, 2.75) is 129 Å². The molecule has 3 heteroatoms. The Labute approximate surface area is 237 Å². The van der Waals surface area contributed by atoms with Gasteiger partial charge in [0.25, 0.3) is 0 Å². The van der Waals surface area contributed by atoms with Gasteiger partial charge >= 0.3 is 0 Å². The average molecular weight is 691 g/mol. The van der Waals surface area contributed by atoms with Gasteiger partial charge in [-0.2, -0.15) is 0 Å². The molecule has 0 spiro atoms. The number of hydrogen-bond acceptors (Lipinski definition) is 1. The monoisotopic (exact) mass is 690 g/mol. The van der Waals surface area contributed by atoms with Crippen LogP contribution in [0.15, 0.2) is 18.3 Å². The molecule has 4 aliphatic rings. The predicted molar refractivity (Wildman–Crippen MR) is 162 cm³/mol. The first-order valence-electron chi connectivity index (χ1n) is 14.9. The van der Waals surface area contributed by atoms with E-state index in [1.165, 1.54) is 134 Å². The summed E-state index contributed by atoms with van der Waals surface area (Å²) in [5.41, 5.74) is 2.58. The second-order valence-electron chi connectivity index (χ2n) is 11.9. The fourth-order valence-electron chi connectivity index (χ4n) is 7.43. The lowest BCUT2D eigenvalue weighted by Crippen LogP contribution is -2.31. The molecule has 2 atom stereocenters. The van der Waals surface area contributed by atoms with Crippen molar-refractivity contribution < 1.29 is 4.79 Å². The Morgan fingerprint density at radius 2 is 0.941 bits per heavy atom. The van der Waals surface area contributed by atoms with Crippen molar-refractivity contribution in [3.63, 3.8) is 0 Å². The van der Waals surface area contributed by atoms with Crippen molar-refractivity contribution in [2.75, 3.05) is 0 Å². The molecule has 1 nitrogen and oxygen atoms in total. The average Bonchev–Trinajstić information content (AvgIpc) is 2.80. The highest BCUT2D eigenvalue weighted by molar-refractivity contribution is 14.1. The largest absolute Gasteiger partial charge is 0.289 e. The van der Waals surface area contributed by atoms with E-state index in [2.05, 4.69) is 59.0 Å². The molecule has 0 bridgehead atoms. The zero-order chi connectivity index (χ0) is 24.1. The molecule has 192 valence electrons. The fraction of sp³-hybridized carbons (Fsp3) is 0.839. The Morgan fingerprint density at radius 3 is 1.21 bits per heavy atom. The van der Waals surface area contributed by atoms with Crippen LogP contribution in [0.1, 0.15) is 129 Å². The third-order valence-corrected chi connectivity index (χ3v) is 12.8. The van der Waals surface area contributed by atoms with Crippen LogP contribution in [0.4, 0.5) is 0 Å². The van der Waals surface area contributed by atoms with Crippen LogP contribution in [0.5, 0.6) is 0 Å². The highest BCUT2D eigenvalue weighted by Crippen LogP contribution is 2.49. The van der Waals surface area contributed by atoms with E-state index in [1.807, 2.05) is 0 Å². The number of Topliss-reactive ketones (excluding diaryl/α,β-unsaturated/α-hetero) is 1. The van der Waals surface area contributed by atoms with Crippen LogP contribution in [0, 0.1) is 35.5 Å². The molecule has 0 amide bonds. The Morgan fingerprint density at radius 1 is 0.588 bits per heavy atom. The number of carbonyl (C=O) groups is 1. The van der Waals surface area contributed by atoms with Gasteiger partial charge in [0, 0.05) is 18.3 Å². The van der Waals surface area contributed by atoms with Crippen LogP contribution in [-0.4, -0.2) is 5.78 Å². The molecule has 4 aliphatic carbocycles. The predicted octanol–water partition coefficient (Wildman–Crippen LogP) is 10.7. The van der Waals surface area contributed by atoms with Crippen LogP contribution in [0.3, 0.4) is 0 Å². The van der Waals surface area contributed by atoms with Crippen molar-refractivity contribution in [1.82, 2.24) is 0 Å². The van der Waals surface area contributed by atoms with E-state index in [9.17, 15) is 4.79 Å². The fourth-order valence-corrected chi connectivity index (χ4v) is 10.7. The van der Waals surface area contributed by atoms with Gasteiger partial charge in [-0.05, 0) is 145 Å². The quantitative estimate of drug-likeness (QED) is 0.165. The van der Waals surface area contributed by atoms with Gasteiger partial charge in [0.1, 0.15) is 0 Å². The standard InChI is InChI=1S/C31H48I2O/c1-3-25(21-13-7-5-8-14-21)29(32)27(23-17-11-18-23)31(34)28(24-19-12-20-24)30(33)26(4-2)22-15-9-6-10-16-22/h21-26H,3-20H2,1-2H3. The number of hydrogen-bond donors (Lipinski definition) is 0. The number of allylic oxidation sites excluding steroid dienone is 4. The summed E-state index contributed by atoms with van der Waals surface area (Å²) in [7, 11) is 0. The Kier molecular flexibility index (Phi) is 10.9. The number of carbonyl (C=O) groups excluding carboxylic acids is 1. The molecule has 0 aromatic carbocycles. The van der Waals surface area contributed by atoms with Crippen LogP contribution in [0.2, 0.25) is 0 Å². The molecule has 4 fully saturated rings. The van der Waals surface area contributed by atoms with E-state index in [0.29, 0.717) is 29.5 Å². The zero-order valence-electron chi connectivity index (χ0n) is 21.9. The normalized spacial score (nSPS) is 26.7. The van der Waals surface area contributed by atoms with Gasteiger partial charge in [-0.25, -0.2) is 0 Å². The smallest absolute Gasteiger partial charge is 0.187 e. The minimum absolute atomic E-state index is 0.506. The molecule has 0 heterocycles. The van der Waals surface area contributed by atoms with Crippen LogP contribution < -0.4 is 0 Å². The van der Waals surface area contributed by atoms with E-state index in [4.69, 9.17) is 0 Å². The van der Waals surface area contributed by atoms with Gasteiger partial charge in [-0.3, -0.25) is 4.79 Å². The van der Waals surface area contributed by atoms with Crippen LogP contribution >= 0.6 is 45.2 Å². The summed E-state index contributed by atoms with van der Waals surface area (Å²) in [6, 6.07) is 0. The summed E-state index contributed by atoms with van der Waals surface area (Å²) in [4.78, 5) is 14.7. The van der Waals surface area contributed by atoms with E-state index in [0.717, 1.165) is 11.8 Å². The molecule has 34 heavy (non-hydrogen) atoms. The maximum atomic E-state index is 14.7. The summed E-state index contributed by atoms with van der Waals surface area (Å²) in [6.07, 6.45) is 23.9. The van der Waals surface area contributed by atoms with Crippen LogP contribution in [0.25, 0.3) is 0 Å². The highest BCUT2D eigenvalue weighted by Gasteiger charge is 2.39. The summed E-state index contributed by atoms with van der Waals surface area (Å²) >= 11 is 5.34. The molecule has 4 saturated carbocycles. The lowest BCUT2D eigenvalue weighted by molar-refractivity contribution is -0.114. The molecule has 0 aromatic heterocycles. The summed E-state index contributed by atoms with van der Waals surface area (Å²) in [5.74, 6) is 4.40. The van der Waals surface area contributed by atoms with Gasteiger partial charge < -0.3 is 0 Å². The Hall–Kier alpha value is 0.610. The summed E-state index contributed by atoms with van der Waals surface area (Å²) in [6.45, 7) is 4.76. The first-order chi connectivity index (χ1) is 16.6. The van der Waals surface area contributed by atoms with E-state index in [-0.39, 0.29) is 0 Å². The molecule has 0 aliphatic heterocycles. The third-order valence-electron chi connectivity index (χ3n) is 10.00. The van der Waals surface area contributed by atoms with E-state index < -0.39 is 0 Å².